The van der Waals surface area contributed by atoms with Gasteiger partial charge in [-0.1, -0.05) is 0 Å². The highest BCUT2D eigenvalue weighted by atomic mass is 32.1. The summed E-state index contributed by atoms with van der Waals surface area (Å²) in [7, 11) is 3.27. The van der Waals surface area contributed by atoms with Gasteiger partial charge in [-0.15, -0.1) is 0 Å². The normalized spacial score (nSPS) is 11.7. The molecule has 0 atom stereocenters. The minimum atomic E-state index is 0.311. The topological polar surface area (TPSA) is 67.2 Å². The van der Waals surface area contributed by atoms with Crippen LogP contribution in [0, 0.1) is 0 Å². The van der Waals surface area contributed by atoms with Gasteiger partial charge in [0.25, 0.3) is 0 Å². The average Bonchev–Trinajstić information content (AvgIpc) is 2.70. The highest BCUT2D eigenvalue weighted by molar-refractivity contribution is 7.80. The van der Waals surface area contributed by atoms with Crippen molar-refractivity contribution in [1.29, 1.82) is 0 Å². The zero-order valence-electron chi connectivity index (χ0n) is 15.2. The summed E-state index contributed by atoms with van der Waals surface area (Å²) in [5.41, 5.74) is 9.11. The number of hydrogen-bond acceptors (Lipinski definition) is 5. The van der Waals surface area contributed by atoms with Gasteiger partial charge in [0.2, 0.25) is 5.11 Å². The molecule has 0 fully saturated rings. The number of rotatable bonds is 6. The Bertz CT molecular complexity index is 732. The van der Waals surface area contributed by atoms with Crippen LogP contribution in [0.2, 0.25) is 0 Å². The second kappa shape index (κ2) is 9.53. The molecule has 0 aliphatic carbocycles. The number of nitrogens with one attached hydrogen (secondary N) is 2. The smallest absolute Gasteiger partial charge is 0.207 e. The second-order valence-electron chi connectivity index (χ2n) is 5.40. The van der Waals surface area contributed by atoms with Crippen molar-refractivity contribution in [2.45, 2.75) is 13.8 Å². The van der Waals surface area contributed by atoms with E-state index in [0.717, 1.165) is 34.0 Å². The Morgan fingerprint density at radius 1 is 0.731 bits per heavy atom. The van der Waals surface area contributed by atoms with E-state index in [4.69, 9.17) is 21.7 Å². The minimum absolute atomic E-state index is 0.311. The molecule has 0 aliphatic heterocycles. The molecule has 2 rings (SSSR count). The summed E-state index contributed by atoms with van der Waals surface area (Å²) >= 11 is 5.19. The summed E-state index contributed by atoms with van der Waals surface area (Å²) in [6, 6.07) is 15.3. The van der Waals surface area contributed by atoms with Crippen LogP contribution in [-0.4, -0.2) is 30.8 Å². The van der Waals surface area contributed by atoms with Gasteiger partial charge in [-0.2, -0.15) is 10.2 Å². The molecule has 2 aromatic rings. The van der Waals surface area contributed by atoms with E-state index in [2.05, 4.69) is 21.1 Å². The first kappa shape index (κ1) is 19.4. The van der Waals surface area contributed by atoms with Crippen LogP contribution in [-0.2, 0) is 0 Å². The molecule has 0 saturated carbocycles. The zero-order chi connectivity index (χ0) is 18.9. The molecule has 0 spiro atoms. The molecule has 0 radical (unpaired) electrons. The van der Waals surface area contributed by atoms with Crippen molar-refractivity contribution < 1.29 is 9.47 Å². The highest BCUT2D eigenvalue weighted by Crippen LogP contribution is 2.12. The number of ether oxygens (including phenoxy) is 2. The fourth-order valence-electron chi connectivity index (χ4n) is 2.09. The molecule has 6 nitrogen and oxygen atoms in total. The summed E-state index contributed by atoms with van der Waals surface area (Å²) in [6.07, 6.45) is 0. The summed E-state index contributed by atoms with van der Waals surface area (Å²) in [6.45, 7) is 3.78. The Hall–Kier alpha value is -2.93. The molecule has 0 amide bonds. The lowest BCUT2D eigenvalue weighted by molar-refractivity contribution is 0.414. The van der Waals surface area contributed by atoms with Crippen LogP contribution in [0.5, 0.6) is 11.5 Å². The number of nitrogens with zero attached hydrogens (tertiary/aromatic N) is 2. The quantitative estimate of drug-likeness (QED) is 0.464. The Morgan fingerprint density at radius 2 is 1.08 bits per heavy atom. The van der Waals surface area contributed by atoms with Gasteiger partial charge in [-0.05, 0) is 85.7 Å². The number of benzene rings is 2. The molecule has 0 aliphatic rings. The van der Waals surface area contributed by atoms with Crippen molar-refractivity contribution in [3.63, 3.8) is 0 Å². The van der Waals surface area contributed by atoms with Gasteiger partial charge < -0.3 is 9.47 Å². The number of methoxy groups -OCH3 is 2. The third-order valence-electron chi connectivity index (χ3n) is 3.67. The van der Waals surface area contributed by atoms with Crippen LogP contribution in [0.1, 0.15) is 25.0 Å². The molecule has 7 heteroatoms. The fourth-order valence-corrected chi connectivity index (χ4v) is 2.18. The lowest BCUT2D eigenvalue weighted by Gasteiger charge is -2.07. The van der Waals surface area contributed by atoms with E-state index in [0.29, 0.717) is 5.11 Å². The number of thiocarbonyl (C=S) groups is 1. The van der Waals surface area contributed by atoms with Crippen molar-refractivity contribution in [1.82, 2.24) is 10.9 Å². The van der Waals surface area contributed by atoms with Crippen LogP contribution in [0.3, 0.4) is 0 Å². The molecular formula is C19H22N4O2S. The maximum absolute atomic E-state index is 5.19. The van der Waals surface area contributed by atoms with Crippen molar-refractivity contribution in [3.05, 3.63) is 59.7 Å². The summed E-state index contributed by atoms with van der Waals surface area (Å²) in [5, 5.41) is 8.83. The molecule has 26 heavy (non-hydrogen) atoms. The fraction of sp³-hybridized carbons (Fsp3) is 0.211. The molecule has 0 unspecified atom stereocenters. The zero-order valence-corrected chi connectivity index (χ0v) is 16.1. The molecular weight excluding hydrogens is 348 g/mol. The first-order chi connectivity index (χ1) is 12.5. The van der Waals surface area contributed by atoms with Crippen LogP contribution in [0.4, 0.5) is 0 Å². The van der Waals surface area contributed by atoms with E-state index in [9.17, 15) is 0 Å². The third-order valence-corrected chi connectivity index (χ3v) is 3.85. The summed E-state index contributed by atoms with van der Waals surface area (Å²) < 4.78 is 10.3. The van der Waals surface area contributed by atoms with Crippen LogP contribution in [0.15, 0.2) is 58.7 Å². The third kappa shape index (κ3) is 5.56. The Labute approximate surface area is 158 Å². The van der Waals surface area contributed by atoms with Crippen molar-refractivity contribution >= 4 is 28.8 Å². The van der Waals surface area contributed by atoms with Crippen LogP contribution in [0.25, 0.3) is 0 Å². The van der Waals surface area contributed by atoms with E-state index in [1.165, 1.54) is 0 Å². The Morgan fingerprint density at radius 3 is 1.38 bits per heavy atom. The Balaban J connectivity index is 1.92. The number of hydrazone groups is 2. The van der Waals surface area contributed by atoms with Crippen molar-refractivity contribution in [3.8, 4) is 11.5 Å². The molecule has 0 saturated heterocycles. The molecule has 0 heterocycles. The minimum Gasteiger partial charge on any atom is -0.497 e. The summed E-state index contributed by atoms with van der Waals surface area (Å²) in [5.74, 6) is 1.60. The lowest BCUT2D eigenvalue weighted by Crippen LogP contribution is -2.29. The van der Waals surface area contributed by atoms with Crippen LogP contribution >= 0.6 is 12.2 Å². The second-order valence-corrected chi connectivity index (χ2v) is 5.81. The SMILES string of the molecule is COc1ccc(/C(C)=N/NC(=S)N/N=C(\C)c2ccc(OC)cc2)cc1. The van der Waals surface area contributed by atoms with Gasteiger partial charge in [0.15, 0.2) is 0 Å². The summed E-state index contributed by atoms with van der Waals surface area (Å²) in [4.78, 5) is 0. The van der Waals surface area contributed by atoms with Crippen molar-refractivity contribution in [2.24, 2.45) is 10.2 Å². The van der Waals surface area contributed by atoms with Crippen LogP contribution < -0.4 is 20.3 Å². The van der Waals surface area contributed by atoms with Gasteiger partial charge in [-0.25, -0.2) is 0 Å². The number of hydrogen-bond donors (Lipinski definition) is 2. The van der Waals surface area contributed by atoms with Crippen molar-refractivity contribution in [2.75, 3.05) is 14.2 Å². The molecule has 2 aromatic carbocycles. The van der Waals surface area contributed by atoms with Gasteiger partial charge in [0.05, 0.1) is 25.6 Å². The maximum atomic E-state index is 5.19. The van der Waals surface area contributed by atoms with Gasteiger partial charge in [0.1, 0.15) is 11.5 Å². The molecule has 136 valence electrons. The van der Waals surface area contributed by atoms with Gasteiger partial charge in [0, 0.05) is 0 Å². The maximum Gasteiger partial charge on any atom is 0.207 e. The molecule has 0 bridgehead atoms. The van der Waals surface area contributed by atoms with E-state index in [1.54, 1.807) is 14.2 Å². The first-order valence-electron chi connectivity index (χ1n) is 7.97. The largest absolute Gasteiger partial charge is 0.497 e. The average molecular weight is 370 g/mol. The van der Waals surface area contributed by atoms with Gasteiger partial charge in [-0.3, -0.25) is 10.9 Å². The van der Waals surface area contributed by atoms with Gasteiger partial charge >= 0.3 is 0 Å². The van der Waals surface area contributed by atoms with E-state index < -0.39 is 0 Å². The van der Waals surface area contributed by atoms with E-state index in [1.807, 2.05) is 62.4 Å². The lowest BCUT2D eigenvalue weighted by atomic mass is 10.1. The Kier molecular flexibility index (Phi) is 7.11. The molecule has 2 N–H and O–H groups in total. The predicted octanol–water partition coefficient (Wildman–Crippen LogP) is 3.32. The van der Waals surface area contributed by atoms with E-state index in [-0.39, 0.29) is 0 Å². The monoisotopic (exact) mass is 370 g/mol. The standard InChI is InChI=1S/C19H22N4O2S/c1-13(15-5-9-17(24-3)10-6-15)20-22-19(26)23-21-14(2)16-7-11-18(25-4)12-8-16/h5-12H,1-4H3,(H2,22,23,26)/b20-13+,21-14+. The first-order valence-corrected chi connectivity index (χ1v) is 8.37. The predicted molar refractivity (Wildman–Crippen MR) is 109 cm³/mol. The molecule has 0 aromatic heterocycles. The van der Waals surface area contributed by atoms with E-state index >= 15 is 0 Å². The highest BCUT2D eigenvalue weighted by Gasteiger charge is 2.01.